The van der Waals surface area contributed by atoms with Crippen LogP contribution in [0, 0.1) is 11.7 Å². The molecule has 1 aromatic carbocycles. The molecule has 8 nitrogen and oxygen atoms in total. The van der Waals surface area contributed by atoms with Crippen LogP contribution >= 0.6 is 0 Å². The Hall–Kier alpha value is -3.85. The van der Waals surface area contributed by atoms with E-state index in [1.807, 2.05) is 6.20 Å². The fourth-order valence-electron chi connectivity index (χ4n) is 5.41. The third kappa shape index (κ3) is 4.23. The average molecular weight is 497 g/mol. The zero-order valence-electron chi connectivity index (χ0n) is 20.7. The van der Waals surface area contributed by atoms with E-state index in [-0.39, 0.29) is 12.1 Å². The number of hydrogen-bond acceptors (Lipinski definition) is 6. The molecule has 2 atom stereocenters. The van der Waals surface area contributed by atoms with Crippen LogP contribution in [0.25, 0.3) is 27.9 Å². The second-order valence-corrected chi connectivity index (χ2v) is 10.4. The van der Waals surface area contributed by atoms with Gasteiger partial charge in [0, 0.05) is 46.0 Å². The van der Waals surface area contributed by atoms with Crippen molar-refractivity contribution in [3.8, 4) is 11.4 Å². The van der Waals surface area contributed by atoms with Gasteiger partial charge in [0.25, 0.3) is 0 Å². The van der Waals surface area contributed by atoms with E-state index in [2.05, 4.69) is 56.9 Å². The second-order valence-electron chi connectivity index (χ2n) is 10.4. The second kappa shape index (κ2) is 8.92. The van der Waals surface area contributed by atoms with Crippen LogP contribution in [0.3, 0.4) is 0 Å². The Morgan fingerprint density at radius 3 is 2.89 bits per heavy atom. The van der Waals surface area contributed by atoms with Crippen LogP contribution in [0.4, 0.5) is 10.3 Å². The molecule has 0 saturated heterocycles. The lowest BCUT2D eigenvalue weighted by molar-refractivity contribution is 0.550. The van der Waals surface area contributed by atoms with Crippen molar-refractivity contribution in [1.29, 1.82) is 0 Å². The first-order valence-electron chi connectivity index (χ1n) is 13.1. The number of nitrogens with zero attached hydrogens (tertiary/aromatic N) is 5. The number of para-hydroxylation sites is 1. The molecule has 4 aromatic heterocycles. The highest BCUT2D eigenvalue weighted by Crippen LogP contribution is 2.32. The predicted molar refractivity (Wildman–Crippen MR) is 141 cm³/mol. The zero-order chi connectivity index (χ0) is 24.9. The number of nitrogens with one attached hydrogen (secondary N) is 3. The minimum Gasteiger partial charge on any atom is -0.358 e. The van der Waals surface area contributed by atoms with Gasteiger partial charge < -0.3 is 15.6 Å². The Morgan fingerprint density at radius 1 is 1.14 bits per heavy atom. The van der Waals surface area contributed by atoms with Crippen molar-refractivity contribution in [2.75, 3.05) is 11.9 Å². The van der Waals surface area contributed by atoms with E-state index in [0.29, 0.717) is 17.3 Å². The molecule has 37 heavy (non-hydrogen) atoms. The van der Waals surface area contributed by atoms with Gasteiger partial charge in [-0.05, 0) is 69.2 Å². The summed E-state index contributed by atoms with van der Waals surface area (Å²) in [5, 5.41) is 13.2. The fourth-order valence-corrected chi connectivity index (χ4v) is 5.41. The van der Waals surface area contributed by atoms with E-state index in [1.54, 1.807) is 10.7 Å². The van der Waals surface area contributed by atoms with Crippen molar-refractivity contribution in [3.05, 3.63) is 71.6 Å². The standard InChI is InChI=1S/C28H29FN8/c1-16(31-12-17-6-7-17)23-15-32-37-27(23)35-26(18-10-19(29)14-30-13-18)36-28(37)33-20-8-9-25-22(11-20)21-4-2-3-5-24(21)34-25/h2-5,10,13-17,20,31,34H,6-9,11-12H2,1H3,(H,33,35,36)/t16-,20-/m0/s1. The van der Waals surface area contributed by atoms with Gasteiger partial charge in [-0.2, -0.15) is 14.6 Å². The van der Waals surface area contributed by atoms with E-state index in [0.717, 1.165) is 42.9 Å². The molecule has 4 heterocycles. The highest BCUT2D eigenvalue weighted by atomic mass is 19.1. The maximum absolute atomic E-state index is 14.0. The summed E-state index contributed by atoms with van der Waals surface area (Å²) in [4.78, 5) is 17.2. The molecule has 1 fully saturated rings. The summed E-state index contributed by atoms with van der Waals surface area (Å²) in [5.41, 5.74) is 6.12. The van der Waals surface area contributed by atoms with Crippen LogP contribution in [0.1, 0.15) is 49.0 Å². The summed E-state index contributed by atoms with van der Waals surface area (Å²) in [6.45, 7) is 3.13. The monoisotopic (exact) mass is 496 g/mol. The highest BCUT2D eigenvalue weighted by molar-refractivity contribution is 5.85. The van der Waals surface area contributed by atoms with Crippen LogP contribution in [-0.4, -0.2) is 42.1 Å². The molecule has 1 saturated carbocycles. The molecule has 2 aliphatic rings. The molecule has 0 spiro atoms. The maximum Gasteiger partial charge on any atom is 0.228 e. The average Bonchev–Trinajstić information content (AvgIpc) is 3.53. The minimum absolute atomic E-state index is 0.0859. The number of H-pyrrole nitrogens is 1. The number of aryl methyl sites for hydroxylation is 1. The molecule has 0 aliphatic heterocycles. The molecule has 0 amide bonds. The van der Waals surface area contributed by atoms with Crippen molar-refractivity contribution in [1.82, 2.24) is 34.9 Å². The van der Waals surface area contributed by atoms with Crippen LogP contribution < -0.4 is 10.6 Å². The number of fused-ring (bicyclic) bond motifs is 4. The van der Waals surface area contributed by atoms with Crippen molar-refractivity contribution in [3.63, 3.8) is 0 Å². The maximum atomic E-state index is 14.0. The van der Waals surface area contributed by atoms with E-state index in [1.165, 1.54) is 47.3 Å². The Morgan fingerprint density at radius 2 is 2.03 bits per heavy atom. The number of rotatable bonds is 7. The Kier molecular flexibility index (Phi) is 5.39. The summed E-state index contributed by atoms with van der Waals surface area (Å²) in [6.07, 6.45) is 10.1. The van der Waals surface area contributed by atoms with Crippen molar-refractivity contribution in [2.45, 2.75) is 51.1 Å². The third-order valence-electron chi connectivity index (χ3n) is 7.66. The summed E-state index contributed by atoms with van der Waals surface area (Å²) < 4.78 is 15.8. The summed E-state index contributed by atoms with van der Waals surface area (Å²) in [7, 11) is 0. The predicted octanol–water partition coefficient (Wildman–Crippen LogP) is 4.84. The quantitative estimate of drug-likeness (QED) is 0.299. The molecule has 0 unspecified atom stereocenters. The number of aromatic amines is 1. The molecule has 9 heteroatoms. The Bertz CT molecular complexity index is 1600. The zero-order valence-corrected chi connectivity index (χ0v) is 20.7. The van der Waals surface area contributed by atoms with Crippen LogP contribution in [-0.2, 0) is 12.8 Å². The molecule has 0 radical (unpaired) electrons. The van der Waals surface area contributed by atoms with E-state index >= 15 is 0 Å². The van der Waals surface area contributed by atoms with Crippen LogP contribution in [0.5, 0.6) is 0 Å². The van der Waals surface area contributed by atoms with Gasteiger partial charge in [-0.25, -0.2) is 9.37 Å². The topological polar surface area (TPSA) is 95.8 Å². The first-order valence-corrected chi connectivity index (χ1v) is 13.1. The van der Waals surface area contributed by atoms with Gasteiger partial charge >= 0.3 is 0 Å². The number of halogens is 1. The number of pyridine rings is 1. The van der Waals surface area contributed by atoms with Gasteiger partial charge in [0.15, 0.2) is 11.5 Å². The summed E-state index contributed by atoms with van der Waals surface area (Å²) in [5.74, 6) is 1.40. The SMILES string of the molecule is C[C@H](NCC1CC1)c1cnn2c(N[C@H]3CCc4[nH]c5ccccc5c4C3)nc(-c3cncc(F)c3)nc12. The molecule has 0 bridgehead atoms. The Balaban J connectivity index is 1.26. The van der Waals surface area contributed by atoms with Gasteiger partial charge in [-0.15, -0.1) is 0 Å². The Labute approximate surface area is 213 Å². The van der Waals surface area contributed by atoms with E-state index in [4.69, 9.17) is 9.97 Å². The van der Waals surface area contributed by atoms with Gasteiger partial charge in [-0.3, -0.25) is 4.98 Å². The number of hydrogen-bond donors (Lipinski definition) is 3. The van der Waals surface area contributed by atoms with Crippen molar-refractivity contribution < 1.29 is 4.39 Å². The summed E-state index contributed by atoms with van der Waals surface area (Å²) >= 11 is 0. The lowest BCUT2D eigenvalue weighted by Crippen LogP contribution is -2.29. The molecule has 188 valence electrons. The number of benzene rings is 1. The first-order chi connectivity index (χ1) is 18.1. The van der Waals surface area contributed by atoms with Gasteiger partial charge in [0.05, 0.1) is 12.4 Å². The van der Waals surface area contributed by atoms with Gasteiger partial charge in [0.1, 0.15) is 5.82 Å². The van der Waals surface area contributed by atoms with E-state index < -0.39 is 5.82 Å². The lowest BCUT2D eigenvalue weighted by Gasteiger charge is -2.24. The molecule has 5 aromatic rings. The number of anilines is 1. The van der Waals surface area contributed by atoms with Gasteiger partial charge in [0.2, 0.25) is 5.95 Å². The molecular weight excluding hydrogens is 467 g/mol. The van der Waals surface area contributed by atoms with E-state index in [9.17, 15) is 4.39 Å². The van der Waals surface area contributed by atoms with Crippen LogP contribution in [0.15, 0.2) is 48.9 Å². The van der Waals surface area contributed by atoms with Gasteiger partial charge in [-0.1, -0.05) is 18.2 Å². The molecule has 3 N–H and O–H groups in total. The highest BCUT2D eigenvalue weighted by Gasteiger charge is 2.26. The fraction of sp³-hybridized carbons (Fsp3) is 0.357. The lowest BCUT2D eigenvalue weighted by atomic mass is 9.91. The minimum atomic E-state index is -0.414. The summed E-state index contributed by atoms with van der Waals surface area (Å²) in [6, 6.07) is 10.2. The smallest absolute Gasteiger partial charge is 0.228 e. The normalized spacial score (nSPS) is 18.3. The van der Waals surface area contributed by atoms with Crippen molar-refractivity contribution in [2.24, 2.45) is 5.92 Å². The van der Waals surface area contributed by atoms with Crippen molar-refractivity contribution >= 4 is 22.5 Å². The largest absolute Gasteiger partial charge is 0.358 e. The van der Waals surface area contributed by atoms with Crippen LogP contribution in [0.2, 0.25) is 0 Å². The number of aromatic nitrogens is 6. The third-order valence-corrected chi connectivity index (χ3v) is 7.66. The molecule has 2 aliphatic carbocycles. The molecule has 7 rings (SSSR count). The first kappa shape index (κ1) is 22.4. The molecular formula is C28H29FN8.